The molecule has 3 atom stereocenters. The third kappa shape index (κ3) is 3.97. The van der Waals surface area contributed by atoms with E-state index in [9.17, 15) is 5.11 Å². The molecule has 0 spiro atoms. The molecule has 0 aromatic heterocycles. The summed E-state index contributed by atoms with van der Waals surface area (Å²) in [5.74, 6) is 1.33. The molecule has 0 aromatic carbocycles. The van der Waals surface area contributed by atoms with Crippen LogP contribution in [0.25, 0.3) is 0 Å². The van der Waals surface area contributed by atoms with Gasteiger partial charge in [-0.2, -0.15) is 0 Å². The van der Waals surface area contributed by atoms with Gasteiger partial charge in [0.2, 0.25) is 0 Å². The molecule has 1 rings (SSSR count). The lowest BCUT2D eigenvalue weighted by molar-refractivity contribution is 0.0404. The normalized spacial score (nSPS) is 33.2. The molecule has 0 heterocycles. The molecule has 0 amide bonds. The predicted octanol–water partition coefficient (Wildman–Crippen LogP) is 2.60. The van der Waals surface area contributed by atoms with E-state index in [-0.39, 0.29) is 6.10 Å². The Bertz CT molecular complexity index is 147. The third-order valence-corrected chi connectivity index (χ3v) is 3.27. The Hall–Kier alpha value is -0.0800. The molecule has 0 saturated heterocycles. The molecule has 0 radical (unpaired) electrons. The summed E-state index contributed by atoms with van der Waals surface area (Å²) in [5, 5.41) is 9.80. The van der Waals surface area contributed by atoms with E-state index in [1.165, 1.54) is 12.8 Å². The van der Waals surface area contributed by atoms with Gasteiger partial charge in [-0.25, -0.2) is 0 Å². The van der Waals surface area contributed by atoms with Crippen molar-refractivity contribution in [3.8, 4) is 0 Å². The third-order valence-electron chi connectivity index (χ3n) is 3.27. The van der Waals surface area contributed by atoms with Gasteiger partial charge >= 0.3 is 0 Å². The first-order valence-electron chi connectivity index (χ1n) is 5.99. The van der Waals surface area contributed by atoms with E-state index in [0.717, 1.165) is 38.4 Å². The summed E-state index contributed by atoms with van der Waals surface area (Å²) in [7, 11) is 0. The smallest absolute Gasteiger partial charge is 0.0568 e. The van der Waals surface area contributed by atoms with Gasteiger partial charge in [-0.05, 0) is 50.9 Å². The SMILES string of the molecule is CCOCCCC1CC(C)CCC1O. The largest absolute Gasteiger partial charge is 0.393 e. The van der Waals surface area contributed by atoms with Crippen LogP contribution in [-0.2, 0) is 4.74 Å². The predicted molar refractivity (Wildman–Crippen MR) is 58.2 cm³/mol. The van der Waals surface area contributed by atoms with Gasteiger partial charge in [0.15, 0.2) is 0 Å². The quantitative estimate of drug-likeness (QED) is 0.691. The Kier molecular flexibility index (Phi) is 5.49. The highest BCUT2D eigenvalue weighted by Crippen LogP contribution is 2.31. The molecule has 1 N–H and O–H groups in total. The van der Waals surface area contributed by atoms with Crippen molar-refractivity contribution in [3.05, 3.63) is 0 Å². The van der Waals surface area contributed by atoms with Gasteiger partial charge in [-0.3, -0.25) is 0 Å². The van der Waals surface area contributed by atoms with Crippen molar-refractivity contribution in [1.29, 1.82) is 0 Å². The molecule has 1 saturated carbocycles. The van der Waals surface area contributed by atoms with Gasteiger partial charge in [-0.15, -0.1) is 0 Å². The molecule has 0 aliphatic heterocycles. The summed E-state index contributed by atoms with van der Waals surface area (Å²) in [6.45, 7) is 5.98. The highest BCUT2D eigenvalue weighted by atomic mass is 16.5. The zero-order chi connectivity index (χ0) is 10.4. The van der Waals surface area contributed by atoms with Crippen LogP contribution in [0.2, 0.25) is 0 Å². The molecule has 3 unspecified atom stereocenters. The lowest BCUT2D eigenvalue weighted by atomic mass is 9.78. The molecular weight excluding hydrogens is 176 g/mol. The minimum absolute atomic E-state index is 0.0483. The minimum Gasteiger partial charge on any atom is -0.393 e. The summed E-state index contributed by atoms with van der Waals surface area (Å²) in [5.41, 5.74) is 0. The first-order valence-corrected chi connectivity index (χ1v) is 5.99. The fraction of sp³-hybridized carbons (Fsp3) is 1.00. The van der Waals surface area contributed by atoms with Crippen LogP contribution in [0.15, 0.2) is 0 Å². The van der Waals surface area contributed by atoms with E-state index in [1.807, 2.05) is 6.92 Å². The summed E-state index contributed by atoms with van der Waals surface area (Å²) in [6.07, 6.45) is 5.58. The van der Waals surface area contributed by atoms with Crippen molar-refractivity contribution in [2.75, 3.05) is 13.2 Å². The van der Waals surface area contributed by atoms with Crippen LogP contribution in [0.3, 0.4) is 0 Å². The number of hydrogen-bond acceptors (Lipinski definition) is 2. The van der Waals surface area contributed by atoms with Crippen LogP contribution in [0.5, 0.6) is 0 Å². The van der Waals surface area contributed by atoms with Gasteiger partial charge in [0.05, 0.1) is 6.10 Å². The van der Waals surface area contributed by atoms with Crippen molar-refractivity contribution in [2.45, 2.75) is 52.1 Å². The van der Waals surface area contributed by atoms with E-state index in [2.05, 4.69) is 6.92 Å². The Labute approximate surface area is 87.7 Å². The fourth-order valence-electron chi connectivity index (χ4n) is 2.38. The van der Waals surface area contributed by atoms with E-state index in [1.54, 1.807) is 0 Å². The Morgan fingerprint density at radius 3 is 2.86 bits per heavy atom. The second kappa shape index (κ2) is 6.41. The van der Waals surface area contributed by atoms with Crippen LogP contribution >= 0.6 is 0 Å². The maximum atomic E-state index is 9.80. The van der Waals surface area contributed by atoms with Crippen LogP contribution in [-0.4, -0.2) is 24.4 Å². The molecule has 1 fully saturated rings. The van der Waals surface area contributed by atoms with E-state index >= 15 is 0 Å². The average molecular weight is 200 g/mol. The molecule has 1 aliphatic carbocycles. The van der Waals surface area contributed by atoms with Crippen molar-refractivity contribution in [2.24, 2.45) is 11.8 Å². The van der Waals surface area contributed by atoms with Gasteiger partial charge in [0, 0.05) is 13.2 Å². The summed E-state index contributed by atoms with van der Waals surface area (Å²) >= 11 is 0. The second-order valence-electron chi connectivity index (χ2n) is 4.58. The molecular formula is C12H24O2. The maximum Gasteiger partial charge on any atom is 0.0568 e. The highest BCUT2D eigenvalue weighted by Gasteiger charge is 2.26. The minimum atomic E-state index is -0.0483. The summed E-state index contributed by atoms with van der Waals surface area (Å²) in [6, 6.07) is 0. The lowest BCUT2D eigenvalue weighted by Crippen LogP contribution is -2.28. The zero-order valence-electron chi connectivity index (χ0n) is 9.54. The van der Waals surface area contributed by atoms with Gasteiger partial charge in [0.1, 0.15) is 0 Å². The van der Waals surface area contributed by atoms with E-state index in [0.29, 0.717) is 5.92 Å². The first kappa shape index (κ1) is 12.0. The van der Waals surface area contributed by atoms with Gasteiger partial charge in [-0.1, -0.05) is 6.92 Å². The Morgan fingerprint density at radius 1 is 1.36 bits per heavy atom. The number of aliphatic hydroxyl groups excluding tert-OH is 1. The fourth-order valence-corrected chi connectivity index (χ4v) is 2.38. The van der Waals surface area contributed by atoms with Crippen LogP contribution in [0, 0.1) is 11.8 Å². The lowest BCUT2D eigenvalue weighted by Gasteiger charge is -2.31. The van der Waals surface area contributed by atoms with E-state index in [4.69, 9.17) is 4.74 Å². The first-order chi connectivity index (χ1) is 6.74. The van der Waals surface area contributed by atoms with Crippen LogP contribution in [0.4, 0.5) is 0 Å². The Balaban J connectivity index is 2.14. The number of rotatable bonds is 5. The molecule has 2 nitrogen and oxygen atoms in total. The maximum absolute atomic E-state index is 9.80. The molecule has 14 heavy (non-hydrogen) atoms. The van der Waals surface area contributed by atoms with E-state index < -0.39 is 0 Å². The zero-order valence-corrected chi connectivity index (χ0v) is 9.54. The average Bonchev–Trinajstić information content (AvgIpc) is 2.18. The molecule has 0 aromatic rings. The summed E-state index contributed by atoms with van der Waals surface area (Å²) in [4.78, 5) is 0. The molecule has 0 bridgehead atoms. The van der Waals surface area contributed by atoms with Crippen molar-refractivity contribution >= 4 is 0 Å². The Morgan fingerprint density at radius 2 is 2.14 bits per heavy atom. The second-order valence-corrected chi connectivity index (χ2v) is 4.58. The van der Waals surface area contributed by atoms with Crippen LogP contribution < -0.4 is 0 Å². The van der Waals surface area contributed by atoms with Crippen LogP contribution in [0.1, 0.15) is 46.0 Å². The number of hydrogen-bond donors (Lipinski definition) is 1. The monoisotopic (exact) mass is 200 g/mol. The number of aliphatic hydroxyl groups is 1. The highest BCUT2D eigenvalue weighted by molar-refractivity contribution is 4.77. The summed E-state index contributed by atoms with van der Waals surface area (Å²) < 4.78 is 5.30. The van der Waals surface area contributed by atoms with Crippen molar-refractivity contribution in [1.82, 2.24) is 0 Å². The molecule has 2 heteroatoms. The van der Waals surface area contributed by atoms with Gasteiger partial charge in [0.25, 0.3) is 0 Å². The van der Waals surface area contributed by atoms with Crippen molar-refractivity contribution < 1.29 is 9.84 Å². The molecule has 84 valence electrons. The standard InChI is InChI=1S/C12H24O2/c1-3-14-8-4-5-11-9-10(2)6-7-12(11)13/h10-13H,3-9H2,1-2H3. The van der Waals surface area contributed by atoms with Crippen molar-refractivity contribution in [3.63, 3.8) is 0 Å². The molecule has 1 aliphatic rings. The van der Waals surface area contributed by atoms with Gasteiger partial charge < -0.3 is 9.84 Å². The topological polar surface area (TPSA) is 29.5 Å². The number of ether oxygens (including phenoxy) is 1.